The van der Waals surface area contributed by atoms with E-state index in [2.05, 4.69) is 10.6 Å². The Morgan fingerprint density at radius 1 is 0.966 bits per heavy atom. The second-order valence-electron chi connectivity index (χ2n) is 6.91. The van der Waals surface area contributed by atoms with E-state index in [1.165, 1.54) is 48.5 Å². The third-order valence-electron chi connectivity index (χ3n) is 4.77. The number of piperidine rings is 1. The number of amides is 3. The Hall–Kier alpha value is -3.16. The average Bonchev–Trinajstić information content (AvgIpc) is 2.74. The number of anilines is 1. The molecule has 0 unspecified atom stereocenters. The van der Waals surface area contributed by atoms with Crippen molar-refractivity contribution in [3.05, 3.63) is 60.2 Å². The third kappa shape index (κ3) is 6.44. The highest BCUT2D eigenvalue weighted by atomic mass is 19.1. The maximum Gasteiger partial charge on any atom is 0.321 e. The summed E-state index contributed by atoms with van der Waals surface area (Å²) in [6.07, 6.45) is 1.55. The van der Waals surface area contributed by atoms with Crippen molar-refractivity contribution in [3.63, 3.8) is 0 Å². The topological polar surface area (TPSA) is 70.7 Å². The zero-order chi connectivity index (χ0) is 20.6. The highest BCUT2D eigenvalue weighted by molar-refractivity contribution is 5.89. The first kappa shape index (κ1) is 20.6. The number of carbonyl (C=O) groups is 2. The lowest BCUT2D eigenvalue weighted by molar-refractivity contribution is -0.123. The molecular formula is C21H23F2N3O3. The molecule has 0 radical (unpaired) electrons. The second kappa shape index (κ2) is 9.86. The Bertz CT molecular complexity index is 820. The van der Waals surface area contributed by atoms with E-state index in [-0.39, 0.29) is 36.1 Å². The zero-order valence-electron chi connectivity index (χ0n) is 15.9. The zero-order valence-corrected chi connectivity index (χ0v) is 15.9. The summed E-state index contributed by atoms with van der Waals surface area (Å²) < 4.78 is 31.1. The molecule has 8 heteroatoms. The molecule has 0 saturated carbocycles. The summed E-state index contributed by atoms with van der Waals surface area (Å²) in [6, 6.07) is 10.9. The Kier molecular flexibility index (Phi) is 6.99. The minimum Gasteiger partial charge on any atom is -0.484 e. The molecule has 1 heterocycles. The number of halogens is 2. The maximum atomic E-state index is 12.9. The van der Waals surface area contributed by atoms with Crippen LogP contribution in [0.3, 0.4) is 0 Å². The molecule has 1 aliphatic rings. The highest BCUT2D eigenvalue weighted by Crippen LogP contribution is 2.18. The van der Waals surface area contributed by atoms with Crippen molar-refractivity contribution in [2.45, 2.75) is 12.8 Å². The van der Waals surface area contributed by atoms with Crippen molar-refractivity contribution < 1.29 is 23.1 Å². The molecule has 1 fully saturated rings. The van der Waals surface area contributed by atoms with E-state index in [0.717, 1.165) is 12.8 Å². The van der Waals surface area contributed by atoms with Crippen LogP contribution in [0.4, 0.5) is 19.3 Å². The van der Waals surface area contributed by atoms with Gasteiger partial charge in [0, 0.05) is 25.3 Å². The van der Waals surface area contributed by atoms with Crippen LogP contribution in [0.15, 0.2) is 48.5 Å². The van der Waals surface area contributed by atoms with Gasteiger partial charge < -0.3 is 20.3 Å². The molecule has 0 atom stereocenters. The number of nitrogens with zero attached hydrogens (tertiary/aromatic N) is 1. The first-order valence-corrected chi connectivity index (χ1v) is 9.46. The Morgan fingerprint density at radius 3 is 2.17 bits per heavy atom. The van der Waals surface area contributed by atoms with E-state index < -0.39 is 0 Å². The normalized spacial score (nSPS) is 14.3. The van der Waals surface area contributed by atoms with Crippen LogP contribution in [-0.4, -0.2) is 43.1 Å². The van der Waals surface area contributed by atoms with Crippen LogP contribution in [0.5, 0.6) is 5.75 Å². The van der Waals surface area contributed by atoms with Crippen molar-refractivity contribution in [1.29, 1.82) is 0 Å². The SMILES string of the molecule is O=C(COc1ccc(F)cc1)NCC1CCN(C(=O)Nc2ccc(F)cc2)CC1. The highest BCUT2D eigenvalue weighted by Gasteiger charge is 2.23. The summed E-state index contributed by atoms with van der Waals surface area (Å²) in [6.45, 7) is 1.54. The van der Waals surface area contributed by atoms with E-state index >= 15 is 0 Å². The van der Waals surface area contributed by atoms with E-state index in [9.17, 15) is 18.4 Å². The number of urea groups is 1. The molecule has 154 valence electrons. The molecule has 0 aliphatic carbocycles. The van der Waals surface area contributed by atoms with Gasteiger partial charge in [0.2, 0.25) is 0 Å². The molecule has 1 saturated heterocycles. The van der Waals surface area contributed by atoms with Crippen LogP contribution in [0.1, 0.15) is 12.8 Å². The van der Waals surface area contributed by atoms with Gasteiger partial charge in [-0.3, -0.25) is 4.79 Å². The van der Waals surface area contributed by atoms with Crippen molar-refractivity contribution >= 4 is 17.6 Å². The average molecular weight is 403 g/mol. The lowest BCUT2D eigenvalue weighted by Crippen LogP contribution is -2.43. The molecule has 2 aromatic carbocycles. The smallest absolute Gasteiger partial charge is 0.321 e. The van der Waals surface area contributed by atoms with Crippen molar-refractivity contribution in [3.8, 4) is 5.75 Å². The van der Waals surface area contributed by atoms with E-state index in [1.807, 2.05) is 0 Å². The van der Waals surface area contributed by atoms with Crippen LogP contribution >= 0.6 is 0 Å². The first-order chi connectivity index (χ1) is 14.0. The Balaban J connectivity index is 1.33. The predicted molar refractivity (Wildman–Crippen MR) is 105 cm³/mol. The fraction of sp³-hybridized carbons (Fsp3) is 0.333. The molecule has 0 spiro atoms. The lowest BCUT2D eigenvalue weighted by Gasteiger charge is -2.32. The van der Waals surface area contributed by atoms with Gasteiger partial charge in [0.05, 0.1) is 0 Å². The largest absolute Gasteiger partial charge is 0.484 e. The first-order valence-electron chi connectivity index (χ1n) is 9.46. The van der Waals surface area contributed by atoms with Crippen molar-refractivity contribution in [2.75, 3.05) is 31.6 Å². The van der Waals surface area contributed by atoms with Gasteiger partial charge in [0.25, 0.3) is 5.91 Å². The summed E-state index contributed by atoms with van der Waals surface area (Å²) >= 11 is 0. The molecular weight excluding hydrogens is 380 g/mol. The standard InChI is InChI=1S/C21H23F2N3O3/c22-16-1-5-18(6-2-16)25-21(28)26-11-9-15(10-12-26)13-24-20(27)14-29-19-7-3-17(23)4-8-19/h1-8,15H,9-14H2,(H,24,27)(H,25,28). The predicted octanol–water partition coefficient (Wildman–Crippen LogP) is 3.40. The number of nitrogens with one attached hydrogen (secondary N) is 2. The number of likely N-dealkylation sites (tertiary alicyclic amines) is 1. The van der Waals surface area contributed by atoms with Gasteiger partial charge >= 0.3 is 6.03 Å². The van der Waals surface area contributed by atoms with Crippen LogP contribution in [0.25, 0.3) is 0 Å². The summed E-state index contributed by atoms with van der Waals surface area (Å²) in [7, 11) is 0. The van der Waals surface area contributed by atoms with Crippen LogP contribution in [0.2, 0.25) is 0 Å². The van der Waals surface area contributed by atoms with E-state index in [0.29, 0.717) is 31.1 Å². The molecule has 2 N–H and O–H groups in total. The van der Waals surface area contributed by atoms with Gasteiger partial charge in [-0.1, -0.05) is 0 Å². The second-order valence-corrected chi connectivity index (χ2v) is 6.91. The number of ether oxygens (including phenoxy) is 1. The monoisotopic (exact) mass is 403 g/mol. The number of benzene rings is 2. The minimum atomic E-state index is -0.362. The maximum absolute atomic E-state index is 12.9. The molecule has 0 aromatic heterocycles. The molecule has 6 nitrogen and oxygen atoms in total. The van der Waals surface area contributed by atoms with E-state index in [1.54, 1.807) is 4.90 Å². The van der Waals surface area contributed by atoms with Gasteiger partial charge in [0.1, 0.15) is 17.4 Å². The summed E-state index contributed by atoms with van der Waals surface area (Å²) in [4.78, 5) is 25.9. The Morgan fingerprint density at radius 2 is 1.55 bits per heavy atom. The molecule has 3 amide bonds. The van der Waals surface area contributed by atoms with Gasteiger partial charge in [0.15, 0.2) is 6.61 Å². The minimum absolute atomic E-state index is 0.134. The van der Waals surface area contributed by atoms with Crippen LogP contribution in [-0.2, 0) is 4.79 Å². The number of hydrogen-bond donors (Lipinski definition) is 2. The van der Waals surface area contributed by atoms with Crippen molar-refractivity contribution in [1.82, 2.24) is 10.2 Å². The number of rotatable bonds is 6. The summed E-state index contributed by atoms with van der Waals surface area (Å²) in [5.74, 6) is -0.249. The fourth-order valence-electron chi connectivity index (χ4n) is 3.06. The van der Waals surface area contributed by atoms with Crippen molar-refractivity contribution in [2.24, 2.45) is 5.92 Å². The van der Waals surface area contributed by atoms with E-state index in [4.69, 9.17) is 4.74 Å². The summed E-state index contributed by atoms with van der Waals surface area (Å²) in [5.41, 5.74) is 0.548. The fourth-order valence-corrected chi connectivity index (χ4v) is 3.06. The van der Waals surface area contributed by atoms with Gasteiger partial charge in [-0.15, -0.1) is 0 Å². The molecule has 3 rings (SSSR count). The molecule has 2 aromatic rings. The molecule has 0 bridgehead atoms. The third-order valence-corrected chi connectivity index (χ3v) is 4.77. The van der Waals surface area contributed by atoms with Gasteiger partial charge in [-0.25, -0.2) is 13.6 Å². The lowest BCUT2D eigenvalue weighted by atomic mass is 9.97. The quantitative estimate of drug-likeness (QED) is 0.777. The Labute approximate surface area is 167 Å². The molecule has 1 aliphatic heterocycles. The van der Waals surface area contributed by atoms with Crippen LogP contribution < -0.4 is 15.4 Å². The molecule has 29 heavy (non-hydrogen) atoms. The van der Waals surface area contributed by atoms with Gasteiger partial charge in [-0.2, -0.15) is 0 Å². The van der Waals surface area contributed by atoms with Crippen LogP contribution in [0, 0.1) is 17.6 Å². The number of carbonyl (C=O) groups excluding carboxylic acids is 2. The summed E-state index contributed by atoms with van der Waals surface area (Å²) in [5, 5.41) is 5.58. The van der Waals surface area contributed by atoms with Gasteiger partial charge in [-0.05, 0) is 67.3 Å². The number of hydrogen-bond acceptors (Lipinski definition) is 3.